The zero-order chi connectivity index (χ0) is 17.0. The molecule has 0 amide bonds. The van der Waals surface area contributed by atoms with Gasteiger partial charge in [0.1, 0.15) is 22.2 Å². The van der Waals surface area contributed by atoms with Crippen molar-refractivity contribution in [2.24, 2.45) is 0 Å². The van der Waals surface area contributed by atoms with Crippen molar-refractivity contribution in [3.8, 4) is 17.4 Å². The monoisotopic (exact) mass is 345 g/mol. The van der Waals surface area contributed by atoms with Crippen LogP contribution in [0.3, 0.4) is 0 Å². The zero-order valence-corrected chi connectivity index (χ0v) is 13.1. The minimum Gasteiger partial charge on any atom is -0.439 e. The molecule has 0 atom stereocenters. The van der Waals surface area contributed by atoms with Gasteiger partial charge < -0.3 is 8.92 Å². The molecule has 0 aliphatic carbocycles. The summed E-state index contributed by atoms with van der Waals surface area (Å²) in [7, 11) is -4.06. The van der Waals surface area contributed by atoms with Gasteiger partial charge in [-0.15, -0.1) is 0 Å². The Morgan fingerprint density at radius 2 is 1.62 bits per heavy atom. The molecule has 2 aromatic carbocycles. The van der Waals surface area contributed by atoms with E-state index < -0.39 is 15.9 Å². The van der Waals surface area contributed by atoms with Crippen molar-refractivity contribution in [2.45, 2.75) is 4.90 Å². The Balaban J connectivity index is 1.80. The molecule has 0 spiro atoms. The average Bonchev–Trinajstić information content (AvgIpc) is 2.56. The first-order valence-electron chi connectivity index (χ1n) is 6.92. The van der Waals surface area contributed by atoms with Gasteiger partial charge in [0.05, 0.1) is 0 Å². The fourth-order valence-corrected chi connectivity index (χ4v) is 2.82. The van der Waals surface area contributed by atoms with Crippen LogP contribution in [0.25, 0.3) is 0 Å². The van der Waals surface area contributed by atoms with Gasteiger partial charge in [-0.2, -0.15) is 8.42 Å². The number of halogens is 1. The molecular formula is C17H12FNO4S. The van der Waals surface area contributed by atoms with E-state index in [0.29, 0.717) is 11.6 Å². The summed E-state index contributed by atoms with van der Waals surface area (Å²) in [6.07, 6.45) is 1.58. The zero-order valence-electron chi connectivity index (χ0n) is 12.3. The smallest absolute Gasteiger partial charge is 0.339 e. The van der Waals surface area contributed by atoms with Crippen LogP contribution in [0.1, 0.15) is 0 Å². The highest BCUT2D eigenvalue weighted by Crippen LogP contribution is 2.26. The summed E-state index contributed by atoms with van der Waals surface area (Å²) < 4.78 is 47.8. The molecular weight excluding hydrogens is 333 g/mol. The van der Waals surface area contributed by atoms with Gasteiger partial charge >= 0.3 is 10.1 Å². The van der Waals surface area contributed by atoms with Crippen LogP contribution in [0.2, 0.25) is 0 Å². The number of pyridine rings is 1. The fourth-order valence-electron chi connectivity index (χ4n) is 1.89. The number of benzene rings is 2. The largest absolute Gasteiger partial charge is 0.439 e. The van der Waals surface area contributed by atoms with Gasteiger partial charge in [0.25, 0.3) is 0 Å². The molecule has 0 N–H and O–H groups in total. The highest BCUT2D eigenvalue weighted by molar-refractivity contribution is 7.87. The summed E-state index contributed by atoms with van der Waals surface area (Å²) in [5.41, 5.74) is 0. The minimum absolute atomic E-state index is 0.0766. The van der Waals surface area contributed by atoms with Crippen LogP contribution in [0, 0.1) is 5.82 Å². The fraction of sp³-hybridized carbons (Fsp3) is 0. The molecule has 0 saturated heterocycles. The Morgan fingerprint density at radius 1 is 0.875 bits per heavy atom. The molecule has 5 nitrogen and oxygen atoms in total. The molecule has 7 heteroatoms. The van der Waals surface area contributed by atoms with E-state index in [-0.39, 0.29) is 10.6 Å². The molecule has 0 aliphatic heterocycles. The van der Waals surface area contributed by atoms with Crippen molar-refractivity contribution < 1.29 is 21.7 Å². The molecule has 1 aromatic heterocycles. The Hall–Kier alpha value is -2.93. The Kier molecular flexibility index (Phi) is 4.43. The van der Waals surface area contributed by atoms with Crippen LogP contribution in [-0.4, -0.2) is 13.4 Å². The second kappa shape index (κ2) is 6.67. The molecule has 3 rings (SSSR count). The maximum Gasteiger partial charge on any atom is 0.339 e. The van der Waals surface area contributed by atoms with Gasteiger partial charge in [-0.3, -0.25) is 0 Å². The van der Waals surface area contributed by atoms with Crippen LogP contribution in [-0.2, 0) is 10.1 Å². The van der Waals surface area contributed by atoms with E-state index in [2.05, 4.69) is 4.98 Å². The summed E-state index contributed by atoms with van der Waals surface area (Å²) in [5.74, 6) is 0.295. The van der Waals surface area contributed by atoms with Gasteiger partial charge in [-0.25, -0.2) is 9.37 Å². The van der Waals surface area contributed by atoms with E-state index in [4.69, 9.17) is 8.92 Å². The predicted molar refractivity (Wildman–Crippen MR) is 85.0 cm³/mol. The molecule has 3 aromatic rings. The molecule has 122 valence electrons. The lowest BCUT2D eigenvalue weighted by Crippen LogP contribution is -2.09. The molecule has 0 bridgehead atoms. The third kappa shape index (κ3) is 3.88. The summed E-state index contributed by atoms with van der Waals surface area (Å²) in [6, 6.07) is 15.7. The lowest BCUT2D eigenvalue weighted by Gasteiger charge is -2.09. The Bertz CT molecular complexity index is 928. The SMILES string of the molecule is O=S(=O)(Oc1cccc(Oc2ccccn2)c1)c1ccc(F)cc1. The van der Waals surface area contributed by atoms with Crippen molar-refractivity contribution in [3.05, 3.63) is 78.7 Å². The topological polar surface area (TPSA) is 65.5 Å². The Morgan fingerprint density at radius 3 is 2.33 bits per heavy atom. The van der Waals surface area contributed by atoms with Crippen molar-refractivity contribution in [1.29, 1.82) is 0 Å². The summed E-state index contributed by atoms with van der Waals surface area (Å²) >= 11 is 0. The van der Waals surface area contributed by atoms with Crippen LogP contribution in [0.5, 0.6) is 17.4 Å². The minimum atomic E-state index is -4.06. The highest BCUT2D eigenvalue weighted by Gasteiger charge is 2.17. The van der Waals surface area contributed by atoms with Gasteiger partial charge in [-0.05, 0) is 42.5 Å². The van der Waals surface area contributed by atoms with E-state index >= 15 is 0 Å². The molecule has 24 heavy (non-hydrogen) atoms. The normalized spacial score (nSPS) is 11.0. The Labute approximate surface area is 138 Å². The highest BCUT2D eigenvalue weighted by atomic mass is 32.2. The summed E-state index contributed by atoms with van der Waals surface area (Å²) in [5, 5.41) is 0. The lowest BCUT2D eigenvalue weighted by atomic mass is 10.3. The van der Waals surface area contributed by atoms with E-state index in [9.17, 15) is 12.8 Å². The molecule has 0 unspecified atom stereocenters. The van der Waals surface area contributed by atoms with E-state index in [1.807, 2.05) is 0 Å². The number of hydrogen-bond acceptors (Lipinski definition) is 5. The third-order valence-corrected chi connectivity index (χ3v) is 4.24. The van der Waals surface area contributed by atoms with Crippen molar-refractivity contribution >= 4 is 10.1 Å². The first-order chi connectivity index (χ1) is 11.5. The van der Waals surface area contributed by atoms with Crippen molar-refractivity contribution in [3.63, 3.8) is 0 Å². The molecule has 0 aliphatic rings. The maximum atomic E-state index is 12.9. The predicted octanol–water partition coefficient (Wildman–Crippen LogP) is 3.78. The lowest BCUT2D eigenvalue weighted by molar-refractivity contribution is 0.455. The van der Waals surface area contributed by atoms with Crippen molar-refractivity contribution in [2.75, 3.05) is 0 Å². The van der Waals surface area contributed by atoms with E-state index in [0.717, 1.165) is 24.3 Å². The standard InChI is InChI=1S/C17H12FNO4S/c18-13-7-9-16(10-8-13)24(20,21)23-15-5-3-4-14(12-15)22-17-6-1-2-11-19-17/h1-12H. The quantitative estimate of drug-likeness (QED) is 0.659. The van der Waals surface area contributed by atoms with Crippen LogP contribution >= 0.6 is 0 Å². The van der Waals surface area contributed by atoms with E-state index in [1.54, 1.807) is 36.5 Å². The average molecular weight is 345 g/mol. The van der Waals surface area contributed by atoms with Crippen molar-refractivity contribution in [1.82, 2.24) is 4.98 Å². The second-order valence-electron chi connectivity index (χ2n) is 4.74. The first-order valence-corrected chi connectivity index (χ1v) is 8.33. The van der Waals surface area contributed by atoms with Crippen LogP contribution in [0.15, 0.2) is 77.8 Å². The summed E-state index contributed by atoms with van der Waals surface area (Å²) in [4.78, 5) is 3.88. The molecule has 0 fully saturated rings. The molecule has 0 radical (unpaired) electrons. The first kappa shape index (κ1) is 15.9. The second-order valence-corrected chi connectivity index (χ2v) is 6.28. The summed E-state index contributed by atoms with van der Waals surface area (Å²) in [6.45, 7) is 0. The van der Waals surface area contributed by atoms with Gasteiger partial charge in [-0.1, -0.05) is 12.1 Å². The number of hydrogen-bond donors (Lipinski definition) is 0. The van der Waals surface area contributed by atoms with Gasteiger partial charge in [0, 0.05) is 18.3 Å². The number of rotatable bonds is 5. The third-order valence-electron chi connectivity index (χ3n) is 2.97. The molecule has 0 saturated carbocycles. The van der Waals surface area contributed by atoms with Crippen LogP contribution < -0.4 is 8.92 Å². The number of aromatic nitrogens is 1. The number of nitrogens with zero attached hydrogens (tertiary/aromatic N) is 1. The van der Waals surface area contributed by atoms with E-state index in [1.165, 1.54) is 12.1 Å². The number of ether oxygens (including phenoxy) is 1. The maximum absolute atomic E-state index is 12.9. The molecule has 1 heterocycles. The van der Waals surface area contributed by atoms with Gasteiger partial charge in [0.15, 0.2) is 0 Å². The van der Waals surface area contributed by atoms with Crippen LogP contribution in [0.4, 0.5) is 4.39 Å². The van der Waals surface area contributed by atoms with Gasteiger partial charge in [0.2, 0.25) is 5.88 Å².